The Labute approximate surface area is 475 Å². The molecule has 0 saturated carbocycles. The minimum absolute atomic E-state index is 0.00321. The first-order valence-electron chi connectivity index (χ1n) is 32.1. The molecule has 80 heavy (non-hydrogen) atoms. The number of para-hydroxylation sites is 6. The average Bonchev–Trinajstić information content (AvgIpc) is 1.51. The first-order valence-corrected chi connectivity index (χ1v) is 27.1. The molecule has 0 aliphatic heterocycles. The Bertz CT molecular complexity index is 5620. The van der Waals surface area contributed by atoms with Crippen molar-refractivity contribution in [2.24, 2.45) is 0 Å². The summed E-state index contributed by atoms with van der Waals surface area (Å²) in [5.74, 6) is 0. The van der Waals surface area contributed by atoms with Crippen molar-refractivity contribution >= 4 is 154 Å². The van der Waals surface area contributed by atoms with E-state index in [1.807, 2.05) is 107 Å². The Morgan fingerprint density at radius 3 is 1.15 bits per heavy atom. The molecule has 0 amide bonds. The summed E-state index contributed by atoms with van der Waals surface area (Å²) in [7, 11) is 0. The molecule has 0 radical (unpaired) electrons. The van der Waals surface area contributed by atoms with Crippen molar-refractivity contribution < 1.29 is 22.5 Å². The molecular formula is C74H54N4O2. The SMILES string of the molecule is [2H]c1c([2H])c([2H])c(N(c2ccc3c(c2)oc2ccccc23)c2ccc3c4cc5c(cc4n4c6c(C(C)(C)C)cccc6c2c34)c2ccc(N(c3ccc4c(c3)oc3ccccc34)c3c([2H])c([2H])c([2H])c([2H])c3[2H])c3c4cccc(C(C)(C)C)c4n5c23)c([2H])c1[2H]. The fraction of sp³-hybridized carbons (Fsp3) is 0.108. The quantitative estimate of drug-likeness (QED) is 0.166. The smallest absolute Gasteiger partial charge is 0.137 e. The van der Waals surface area contributed by atoms with Gasteiger partial charge >= 0.3 is 0 Å². The van der Waals surface area contributed by atoms with Crippen LogP contribution in [0.1, 0.15) is 66.4 Å². The highest BCUT2D eigenvalue weighted by molar-refractivity contribution is 6.33. The molecule has 0 aliphatic rings. The summed E-state index contributed by atoms with van der Waals surface area (Å²) >= 11 is 0. The average molecular weight is 1040 g/mol. The van der Waals surface area contributed by atoms with E-state index in [0.29, 0.717) is 45.1 Å². The van der Waals surface area contributed by atoms with Gasteiger partial charge in [-0.1, -0.05) is 163 Å². The third kappa shape index (κ3) is 6.13. The van der Waals surface area contributed by atoms with Crippen molar-refractivity contribution in [2.45, 2.75) is 52.4 Å². The molecule has 0 fully saturated rings. The first kappa shape index (κ1) is 36.3. The van der Waals surface area contributed by atoms with Crippen LogP contribution in [0.5, 0.6) is 0 Å². The number of rotatable bonds is 6. The lowest BCUT2D eigenvalue weighted by Crippen LogP contribution is -2.12. The summed E-state index contributed by atoms with van der Waals surface area (Å²) < 4.78 is 110. The number of anilines is 6. The highest BCUT2D eigenvalue weighted by Gasteiger charge is 2.32. The lowest BCUT2D eigenvalue weighted by molar-refractivity contribution is 0.594. The van der Waals surface area contributed by atoms with E-state index in [1.165, 1.54) is 0 Å². The van der Waals surface area contributed by atoms with Crippen LogP contribution in [0.4, 0.5) is 34.1 Å². The van der Waals surface area contributed by atoms with E-state index < -0.39 is 36.3 Å². The van der Waals surface area contributed by atoms with Gasteiger partial charge in [0.05, 0.1) is 58.2 Å². The topological polar surface area (TPSA) is 41.6 Å². The van der Waals surface area contributed by atoms with Crippen LogP contribution < -0.4 is 9.80 Å². The summed E-state index contributed by atoms with van der Waals surface area (Å²) in [6.07, 6.45) is 0. The molecule has 382 valence electrons. The molecule has 0 spiro atoms. The summed E-state index contributed by atoms with van der Waals surface area (Å²) in [4.78, 5) is 3.63. The molecule has 0 unspecified atom stereocenters. The van der Waals surface area contributed by atoms with E-state index in [4.69, 9.17) is 17.1 Å². The zero-order chi connectivity index (χ0) is 62.2. The maximum atomic E-state index is 9.57. The molecule has 6 aromatic heterocycles. The molecule has 6 heterocycles. The Kier molecular flexibility index (Phi) is 7.23. The summed E-state index contributed by atoms with van der Waals surface area (Å²) in [6, 6.07) is 48.7. The maximum absolute atomic E-state index is 9.57. The fourth-order valence-corrected chi connectivity index (χ4v) is 13.4. The second-order valence-electron chi connectivity index (χ2n) is 23.3. The van der Waals surface area contributed by atoms with Crippen LogP contribution in [-0.4, -0.2) is 8.80 Å². The highest BCUT2D eigenvalue weighted by atomic mass is 16.3. The molecule has 0 N–H and O–H groups in total. The fourth-order valence-electron chi connectivity index (χ4n) is 13.4. The largest absolute Gasteiger partial charge is 0.456 e. The van der Waals surface area contributed by atoms with Gasteiger partial charge in [-0.25, -0.2) is 0 Å². The minimum Gasteiger partial charge on any atom is -0.456 e. The van der Waals surface area contributed by atoms with Gasteiger partial charge in [0.25, 0.3) is 0 Å². The first-order chi connectivity index (χ1) is 43.1. The van der Waals surface area contributed by atoms with E-state index >= 15 is 0 Å². The van der Waals surface area contributed by atoms with Crippen LogP contribution in [-0.2, 0) is 10.8 Å². The van der Waals surface area contributed by atoms with Gasteiger partial charge in [0.2, 0.25) is 0 Å². The van der Waals surface area contributed by atoms with Gasteiger partial charge < -0.3 is 27.4 Å². The number of furan rings is 2. The van der Waals surface area contributed by atoms with Crippen LogP contribution in [0.15, 0.2) is 227 Å². The molecule has 6 heteroatoms. The van der Waals surface area contributed by atoms with Gasteiger partial charge in [0.15, 0.2) is 0 Å². The van der Waals surface area contributed by atoms with E-state index in [9.17, 15) is 5.48 Å². The van der Waals surface area contributed by atoms with Crippen molar-refractivity contribution in [2.75, 3.05) is 9.80 Å². The minimum atomic E-state index is -0.484. The van der Waals surface area contributed by atoms with E-state index in [1.54, 1.807) is 0 Å². The van der Waals surface area contributed by atoms with Gasteiger partial charge in [-0.2, -0.15) is 0 Å². The summed E-state index contributed by atoms with van der Waals surface area (Å²) in [6.45, 7) is 13.3. The molecular weight excluding hydrogens is 977 g/mol. The lowest BCUT2D eigenvalue weighted by atomic mass is 9.85. The van der Waals surface area contributed by atoms with Crippen LogP contribution in [0.25, 0.3) is 120 Å². The number of hydrogen-bond acceptors (Lipinski definition) is 4. The van der Waals surface area contributed by atoms with Gasteiger partial charge in [0.1, 0.15) is 22.3 Å². The molecule has 0 aliphatic carbocycles. The van der Waals surface area contributed by atoms with Crippen LogP contribution in [0.2, 0.25) is 0 Å². The molecule has 0 bridgehead atoms. The van der Waals surface area contributed by atoms with Crippen molar-refractivity contribution in [3.8, 4) is 0 Å². The molecule has 17 aromatic rings. The van der Waals surface area contributed by atoms with E-state index in [0.717, 1.165) is 109 Å². The van der Waals surface area contributed by atoms with Crippen LogP contribution in [0.3, 0.4) is 0 Å². The van der Waals surface area contributed by atoms with Crippen molar-refractivity contribution in [1.29, 1.82) is 0 Å². The third-order valence-corrected chi connectivity index (χ3v) is 16.8. The van der Waals surface area contributed by atoms with E-state index in [2.05, 4.69) is 111 Å². The van der Waals surface area contributed by atoms with Gasteiger partial charge in [-0.05, 0) is 107 Å². The number of hydrogen-bond donors (Lipinski definition) is 0. The zero-order valence-electron chi connectivity index (χ0n) is 54.6. The number of fused-ring (bicyclic) bond motifs is 18. The summed E-state index contributed by atoms with van der Waals surface area (Å²) in [5, 5.41) is 11.0. The molecule has 0 saturated heterocycles. The zero-order valence-corrected chi connectivity index (χ0v) is 44.6. The number of nitrogens with zero attached hydrogens (tertiary/aromatic N) is 4. The molecule has 6 nitrogen and oxygen atoms in total. The van der Waals surface area contributed by atoms with Crippen molar-refractivity contribution in [3.05, 3.63) is 229 Å². The Hall–Kier alpha value is -9.78. The lowest BCUT2D eigenvalue weighted by Gasteiger charge is -2.26. The number of aromatic nitrogens is 2. The van der Waals surface area contributed by atoms with Gasteiger partial charge in [-0.3, -0.25) is 0 Å². The Balaban J connectivity index is 1.00. The second kappa shape index (κ2) is 15.9. The monoisotopic (exact) mass is 1040 g/mol. The second-order valence-corrected chi connectivity index (χ2v) is 23.3. The van der Waals surface area contributed by atoms with E-state index in [-0.39, 0.29) is 46.4 Å². The standard InChI is InChI=1S/C74H54N4O2/c1-73(2,3)57-27-17-25-53-67-59(75(43-19-9-7-10-20-43)45-31-33-49-47-23-13-15-29-63(47)79-65(49)39-45)37-35-51-55-42-62-56(41-61(55)77(69(53)57)71(51)67)52-36-38-60(68-54-26-18-28-58(74(4,5)6)70(54)78(62)72(52)68)76(44-21-11-8-12-22-44)46-32-34-50-48-24-14-16-30-64(48)80-66(50)40-46/h7-42H,1-6H3/i7D,8D,9D,10D,11D,12D,19D,20D,21D,22D. The van der Waals surface area contributed by atoms with Crippen molar-refractivity contribution in [1.82, 2.24) is 8.80 Å². The summed E-state index contributed by atoms with van der Waals surface area (Å²) in [5.41, 5.74) is 12.0. The maximum Gasteiger partial charge on any atom is 0.137 e. The van der Waals surface area contributed by atoms with Gasteiger partial charge in [-0.15, -0.1) is 0 Å². The normalized spacial score (nSPS) is 14.6. The Morgan fingerprint density at radius 1 is 0.338 bits per heavy atom. The molecule has 17 rings (SSSR count). The Morgan fingerprint density at radius 2 is 0.725 bits per heavy atom. The predicted molar refractivity (Wildman–Crippen MR) is 337 cm³/mol. The highest BCUT2D eigenvalue weighted by Crippen LogP contribution is 2.53. The molecule has 11 aromatic carbocycles. The number of benzene rings is 11. The van der Waals surface area contributed by atoms with Gasteiger partial charge in [0, 0.05) is 99.5 Å². The van der Waals surface area contributed by atoms with Crippen LogP contribution >= 0.6 is 0 Å². The predicted octanol–water partition coefficient (Wildman–Crippen LogP) is 21.3. The third-order valence-electron chi connectivity index (χ3n) is 16.8. The molecule has 0 atom stereocenters. The van der Waals surface area contributed by atoms with Crippen LogP contribution in [0, 0.1) is 0 Å². The van der Waals surface area contributed by atoms with Crippen molar-refractivity contribution in [3.63, 3.8) is 0 Å².